The molecular formula is C28H37F3N4O4. The number of ether oxygens (including phenoxy) is 1. The average molecular weight is 551 g/mol. The molecule has 214 valence electrons. The third kappa shape index (κ3) is 8.09. The fourth-order valence-electron chi connectivity index (χ4n) is 4.43. The summed E-state index contributed by atoms with van der Waals surface area (Å²) in [6, 6.07) is 9.01. The van der Waals surface area contributed by atoms with Gasteiger partial charge < -0.3 is 25.4 Å². The zero-order chi connectivity index (χ0) is 28.9. The number of halogens is 3. The molecule has 0 spiro atoms. The van der Waals surface area contributed by atoms with E-state index in [4.69, 9.17) is 4.74 Å². The number of urea groups is 1. The SMILES string of the molecule is CC(C)NC(=O)Nc1ccc2c(c1)C(=O)N([C@@H](C)CO)C[C@@H](C)[C@H](CN(C)Cc1ccc(C(F)(F)F)cc1)O2. The first-order valence-electron chi connectivity index (χ1n) is 12.9. The van der Waals surface area contributed by atoms with Crippen molar-refractivity contribution in [3.05, 3.63) is 59.2 Å². The first-order valence-corrected chi connectivity index (χ1v) is 12.9. The Hall–Kier alpha value is -3.31. The topological polar surface area (TPSA) is 94.1 Å². The van der Waals surface area contributed by atoms with Gasteiger partial charge in [0.2, 0.25) is 0 Å². The van der Waals surface area contributed by atoms with Crippen LogP contribution in [0.15, 0.2) is 42.5 Å². The van der Waals surface area contributed by atoms with Crippen LogP contribution in [-0.4, -0.2) is 71.8 Å². The molecule has 0 saturated carbocycles. The second-order valence-electron chi connectivity index (χ2n) is 10.5. The number of benzene rings is 2. The van der Waals surface area contributed by atoms with Gasteiger partial charge in [0.05, 0.1) is 23.8 Å². The Morgan fingerprint density at radius 1 is 1.18 bits per heavy atom. The van der Waals surface area contributed by atoms with Gasteiger partial charge in [-0.15, -0.1) is 0 Å². The summed E-state index contributed by atoms with van der Waals surface area (Å²) in [7, 11) is 1.85. The van der Waals surface area contributed by atoms with Gasteiger partial charge in [-0.2, -0.15) is 13.2 Å². The lowest BCUT2D eigenvalue weighted by atomic mass is 9.99. The molecule has 0 saturated heterocycles. The van der Waals surface area contributed by atoms with Crippen molar-refractivity contribution >= 4 is 17.6 Å². The standard InChI is InChI=1S/C28H37F3N4O4/c1-17(2)32-27(38)33-22-10-11-24-23(12-22)26(37)35(19(4)16-36)13-18(3)25(39-24)15-34(5)14-20-6-8-21(9-7-20)28(29,30)31/h6-12,17-19,25,36H,13-16H2,1-5H3,(H2,32,33,38)/t18-,19+,25+/m1/s1. The molecule has 1 aliphatic rings. The van der Waals surface area contributed by atoms with E-state index in [-0.39, 0.29) is 36.1 Å². The monoisotopic (exact) mass is 550 g/mol. The summed E-state index contributed by atoms with van der Waals surface area (Å²) in [4.78, 5) is 29.3. The van der Waals surface area contributed by atoms with Gasteiger partial charge in [0.1, 0.15) is 11.9 Å². The number of rotatable bonds is 8. The quantitative estimate of drug-likeness (QED) is 0.447. The van der Waals surface area contributed by atoms with Crippen LogP contribution in [0.3, 0.4) is 0 Å². The van der Waals surface area contributed by atoms with E-state index >= 15 is 0 Å². The number of anilines is 1. The number of hydrogen-bond donors (Lipinski definition) is 3. The maximum absolute atomic E-state index is 13.5. The number of amides is 3. The number of nitrogens with one attached hydrogen (secondary N) is 2. The van der Waals surface area contributed by atoms with Gasteiger partial charge in [-0.05, 0) is 63.7 Å². The molecule has 1 aliphatic heterocycles. The van der Waals surface area contributed by atoms with Gasteiger partial charge in [0.15, 0.2) is 0 Å². The summed E-state index contributed by atoms with van der Waals surface area (Å²) >= 11 is 0. The number of aliphatic hydroxyl groups excluding tert-OH is 1. The Balaban J connectivity index is 1.83. The zero-order valence-corrected chi connectivity index (χ0v) is 22.9. The number of hydrogen-bond acceptors (Lipinski definition) is 5. The Bertz CT molecular complexity index is 1140. The van der Waals surface area contributed by atoms with Crippen molar-refractivity contribution in [1.29, 1.82) is 0 Å². The predicted molar refractivity (Wildman–Crippen MR) is 143 cm³/mol. The third-order valence-electron chi connectivity index (χ3n) is 6.57. The van der Waals surface area contributed by atoms with Crippen LogP contribution in [0.2, 0.25) is 0 Å². The molecule has 0 aromatic heterocycles. The van der Waals surface area contributed by atoms with Crippen LogP contribution in [0.25, 0.3) is 0 Å². The van der Waals surface area contributed by atoms with Crippen LogP contribution in [0.1, 0.15) is 49.2 Å². The smallest absolute Gasteiger partial charge is 0.416 e. The molecule has 3 atom stereocenters. The number of likely N-dealkylation sites (N-methyl/N-ethyl adjacent to an activating group) is 1. The van der Waals surface area contributed by atoms with Crippen molar-refractivity contribution < 1.29 is 32.6 Å². The van der Waals surface area contributed by atoms with E-state index in [2.05, 4.69) is 10.6 Å². The predicted octanol–water partition coefficient (Wildman–Crippen LogP) is 4.59. The summed E-state index contributed by atoms with van der Waals surface area (Å²) in [6.07, 6.45) is -4.75. The molecule has 3 N–H and O–H groups in total. The van der Waals surface area contributed by atoms with Gasteiger partial charge in [-0.3, -0.25) is 9.69 Å². The second-order valence-corrected chi connectivity index (χ2v) is 10.5. The molecule has 0 aliphatic carbocycles. The molecule has 11 heteroatoms. The minimum Gasteiger partial charge on any atom is -0.488 e. The largest absolute Gasteiger partial charge is 0.488 e. The highest BCUT2D eigenvalue weighted by atomic mass is 19.4. The Morgan fingerprint density at radius 2 is 1.85 bits per heavy atom. The van der Waals surface area contributed by atoms with Crippen LogP contribution in [0.5, 0.6) is 5.75 Å². The lowest BCUT2D eigenvalue weighted by Gasteiger charge is -2.38. The molecule has 0 radical (unpaired) electrons. The molecule has 2 aromatic carbocycles. The first-order chi connectivity index (χ1) is 18.3. The van der Waals surface area contributed by atoms with E-state index < -0.39 is 23.8 Å². The van der Waals surface area contributed by atoms with Gasteiger partial charge >= 0.3 is 12.2 Å². The number of alkyl halides is 3. The number of carbonyl (C=O) groups is 2. The molecule has 0 fully saturated rings. The van der Waals surface area contributed by atoms with Crippen molar-refractivity contribution in [1.82, 2.24) is 15.1 Å². The van der Waals surface area contributed by atoms with E-state index in [1.807, 2.05) is 32.7 Å². The molecular weight excluding hydrogens is 513 g/mol. The minimum atomic E-state index is -4.39. The van der Waals surface area contributed by atoms with Crippen LogP contribution in [0, 0.1) is 5.92 Å². The zero-order valence-electron chi connectivity index (χ0n) is 22.9. The highest BCUT2D eigenvalue weighted by Crippen LogP contribution is 2.31. The lowest BCUT2D eigenvalue weighted by Crippen LogP contribution is -2.49. The Kier molecular flexibility index (Phi) is 9.84. The lowest BCUT2D eigenvalue weighted by molar-refractivity contribution is -0.137. The van der Waals surface area contributed by atoms with Crippen molar-refractivity contribution in [2.75, 3.05) is 32.1 Å². The fourth-order valence-corrected chi connectivity index (χ4v) is 4.43. The molecule has 3 rings (SSSR count). The van der Waals surface area contributed by atoms with E-state index in [0.29, 0.717) is 31.1 Å². The van der Waals surface area contributed by atoms with E-state index in [9.17, 15) is 27.9 Å². The highest BCUT2D eigenvalue weighted by molar-refractivity contribution is 5.99. The number of aliphatic hydroxyl groups is 1. The summed E-state index contributed by atoms with van der Waals surface area (Å²) in [5.41, 5.74) is 0.719. The minimum absolute atomic E-state index is 0.0676. The molecule has 39 heavy (non-hydrogen) atoms. The molecule has 1 heterocycles. The maximum atomic E-state index is 13.5. The van der Waals surface area contributed by atoms with Crippen molar-refractivity contribution in [3.63, 3.8) is 0 Å². The molecule has 8 nitrogen and oxygen atoms in total. The van der Waals surface area contributed by atoms with E-state index in [1.165, 1.54) is 12.1 Å². The average Bonchev–Trinajstić information content (AvgIpc) is 2.85. The van der Waals surface area contributed by atoms with Gasteiger partial charge in [-0.25, -0.2) is 4.79 Å². The summed E-state index contributed by atoms with van der Waals surface area (Å²) in [5, 5.41) is 15.3. The normalized spacial score (nSPS) is 18.7. The van der Waals surface area contributed by atoms with Crippen molar-refractivity contribution in [2.45, 2.75) is 58.6 Å². The van der Waals surface area contributed by atoms with Crippen LogP contribution in [-0.2, 0) is 12.7 Å². The molecule has 3 amide bonds. The molecule has 0 bridgehead atoms. The number of fused-ring (bicyclic) bond motifs is 1. The van der Waals surface area contributed by atoms with Crippen LogP contribution < -0.4 is 15.4 Å². The van der Waals surface area contributed by atoms with Crippen molar-refractivity contribution in [3.8, 4) is 5.75 Å². The number of carbonyl (C=O) groups excluding carboxylic acids is 2. The first kappa shape index (κ1) is 30.2. The van der Waals surface area contributed by atoms with Crippen LogP contribution >= 0.6 is 0 Å². The second kappa shape index (κ2) is 12.7. The third-order valence-corrected chi connectivity index (χ3v) is 6.57. The highest BCUT2D eigenvalue weighted by Gasteiger charge is 2.34. The molecule has 0 unspecified atom stereocenters. The fraction of sp³-hybridized carbons (Fsp3) is 0.500. The van der Waals surface area contributed by atoms with Crippen LogP contribution in [0.4, 0.5) is 23.7 Å². The van der Waals surface area contributed by atoms with Gasteiger partial charge in [0, 0.05) is 37.3 Å². The maximum Gasteiger partial charge on any atom is 0.416 e. The number of nitrogens with zero attached hydrogens (tertiary/aromatic N) is 2. The van der Waals surface area contributed by atoms with Gasteiger partial charge in [-0.1, -0.05) is 19.1 Å². The van der Waals surface area contributed by atoms with E-state index in [0.717, 1.165) is 17.7 Å². The van der Waals surface area contributed by atoms with Crippen molar-refractivity contribution in [2.24, 2.45) is 5.92 Å². The summed E-state index contributed by atoms with van der Waals surface area (Å²) in [6.45, 7) is 8.33. The molecule has 2 aromatic rings. The van der Waals surface area contributed by atoms with E-state index in [1.54, 1.807) is 30.0 Å². The summed E-state index contributed by atoms with van der Waals surface area (Å²) < 4.78 is 45.1. The summed E-state index contributed by atoms with van der Waals surface area (Å²) in [5.74, 6) is -0.0897. The Morgan fingerprint density at radius 3 is 2.44 bits per heavy atom. The van der Waals surface area contributed by atoms with Gasteiger partial charge in [0.25, 0.3) is 5.91 Å². The Labute approximate surface area is 227 Å².